The predicted octanol–water partition coefficient (Wildman–Crippen LogP) is 3.81. The van der Waals surface area contributed by atoms with Gasteiger partial charge in [0, 0.05) is 25.2 Å². The van der Waals surface area contributed by atoms with E-state index in [1.807, 2.05) is 6.92 Å². The highest BCUT2D eigenvalue weighted by Gasteiger charge is 2.33. The molecule has 0 saturated carbocycles. The summed E-state index contributed by atoms with van der Waals surface area (Å²) in [6.45, 7) is 5.09. The van der Waals surface area contributed by atoms with Crippen LogP contribution in [0.4, 0.5) is 23.2 Å². The van der Waals surface area contributed by atoms with Crippen molar-refractivity contribution in [3.8, 4) is 0 Å². The van der Waals surface area contributed by atoms with Crippen LogP contribution < -0.4 is 10.2 Å². The molecule has 1 aromatic rings. The lowest BCUT2D eigenvalue weighted by atomic mass is 10.0. The van der Waals surface area contributed by atoms with Gasteiger partial charge in [0.25, 0.3) is 0 Å². The fourth-order valence-electron chi connectivity index (χ4n) is 2.72. The van der Waals surface area contributed by atoms with Crippen LogP contribution in [0.2, 0.25) is 0 Å². The zero-order valence-electron chi connectivity index (χ0n) is 12.2. The Labute approximate surface area is 122 Å². The number of hydrogen-bond donors (Lipinski definition) is 1. The van der Waals surface area contributed by atoms with Gasteiger partial charge in [-0.05, 0) is 31.5 Å². The Hall–Kier alpha value is -1.30. The summed E-state index contributed by atoms with van der Waals surface area (Å²) in [5.41, 5.74) is -0.767. The third-order valence-corrected chi connectivity index (χ3v) is 3.87. The molecule has 21 heavy (non-hydrogen) atoms. The maximum absolute atomic E-state index is 14.0. The van der Waals surface area contributed by atoms with Crippen molar-refractivity contribution in [2.45, 2.75) is 44.9 Å². The van der Waals surface area contributed by atoms with Gasteiger partial charge in [-0.2, -0.15) is 13.2 Å². The van der Waals surface area contributed by atoms with Gasteiger partial charge < -0.3 is 10.2 Å². The maximum atomic E-state index is 14.0. The Morgan fingerprint density at radius 1 is 1.33 bits per heavy atom. The summed E-state index contributed by atoms with van der Waals surface area (Å²) >= 11 is 0. The van der Waals surface area contributed by atoms with Crippen molar-refractivity contribution in [1.82, 2.24) is 5.32 Å². The van der Waals surface area contributed by atoms with E-state index in [2.05, 4.69) is 12.2 Å². The third-order valence-electron chi connectivity index (χ3n) is 3.87. The molecule has 1 aliphatic heterocycles. The number of nitrogens with one attached hydrogen (secondary N) is 1. The Morgan fingerprint density at radius 3 is 2.67 bits per heavy atom. The van der Waals surface area contributed by atoms with Gasteiger partial charge >= 0.3 is 6.18 Å². The van der Waals surface area contributed by atoms with Gasteiger partial charge in [-0.25, -0.2) is 4.39 Å². The number of rotatable bonds is 3. The molecule has 1 heterocycles. The summed E-state index contributed by atoms with van der Waals surface area (Å²) in [5, 5.41) is 3.35. The van der Waals surface area contributed by atoms with E-state index in [1.165, 1.54) is 0 Å². The zero-order valence-corrected chi connectivity index (χ0v) is 12.2. The van der Waals surface area contributed by atoms with Gasteiger partial charge in [0.2, 0.25) is 0 Å². The average Bonchev–Trinajstić information content (AvgIpc) is 2.41. The predicted molar refractivity (Wildman–Crippen MR) is 74.9 cm³/mol. The third kappa shape index (κ3) is 3.67. The molecule has 0 bridgehead atoms. The van der Waals surface area contributed by atoms with Crippen LogP contribution in [0.3, 0.4) is 0 Å². The number of hydrogen-bond acceptors (Lipinski definition) is 2. The molecular weight excluding hydrogens is 284 g/mol. The SMILES string of the molecule is CCCC1CN(c2cc(C(F)(F)F)ccc2F)C(C)CN1. The van der Waals surface area contributed by atoms with E-state index in [0.717, 1.165) is 31.0 Å². The Morgan fingerprint density at radius 2 is 2.05 bits per heavy atom. The van der Waals surface area contributed by atoms with E-state index in [4.69, 9.17) is 0 Å². The second-order valence-corrected chi connectivity index (χ2v) is 5.56. The smallest absolute Gasteiger partial charge is 0.364 e. The van der Waals surface area contributed by atoms with E-state index < -0.39 is 17.6 Å². The highest BCUT2D eigenvalue weighted by Crippen LogP contribution is 2.34. The number of alkyl halides is 3. The fourth-order valence-corrected chi connectivity index (χ4v) is 2.72. The quantitative estimate of drug-likeness (QED) is 0.854. The average molecular weight is 304 g/mol. The van der Waals surface area contributed by atoms with Crippen molar-refractivity contribution in [2.24, 2.45) is 0 Å². The van der Waals surface area contributed by atoms with Gasteiger partial charge in [-0.15, -0.1) is 0 Å². The number of anilines is 1. The summed E-state index contributed by atoms with van der Waals surface area (Å²) in [5.74, 6) is -0.605. The lowest BCUT2D eigenvalue weighted by Crippen LogP contribution is -2.55. The standard InChI is InChI=1S/C15H20F4N2/c1-3-4-12-9-21(10(2)8-20-12)14-7-11(15(17,18)19)5-6-13(14)16/h5-7,10,12,20H,3-4,8-9H2,1-2H3. The van der Waals surface area contributed by atoms with E-state index in [1.54, 1.807) is 4.90 Å². The van der Waals surface area contributed by atoms with Crippen LogP contribution in [0.15, 0.2) is 18.2 Å². The van der Waals surface area contributed by atoms with Crippen molar-refractivity contribution in [2.75, 3.05) is 18.0 Å². The summed E-state index contributed by atoms with van der Waals surface area (Å²) < 4.78 is 52.4. The normalized spacial score (nSPS) is 23.4. The van der Waals surface area contributed by atoms with Crippen molar-refractivity contribution in [3.05, 3.63) is 29.6 Å². The van der Waals surface area contributed by atoms with Crippen molar-refractivity contribution in [1.29, 1.82) is 0 Å². The van der Waals surface area contributed by atoms with Gasteiger partial charge in [0.1, 0.15) is 5.82 Å². The van der Waals surface area contributed by atoms with Crippen LogP contribution in [0.25, 0.3) is 0 Å². The van der Waals surface area contributed by atoms with Crippen LogP contribution >= 0.6 is 0 Å². The molecule has 1 N–H and O–H groups in total. The molecule has 2 atom stereocenters. The largest absolute Gasteiger partial charge is 0.416 e. The minimum absolute atomic E-state index is 0.0416. The molecule has 1 saturated heterocycles. The molecule has 2 unspecified atom stereocenters. The van der Waals surface area contributed by atoms with Gasteiger partial charge in [0.15, 0.2) is 0 Å². The minimum Gasteiger partial charge on any atom is -0.364 e. The summed E-state index contributed by atoms with van der Waals surface area (Å²) in [4.78, 5) is 1.74. The molecule has 0 amide bonds. The number of benzene rings is 1. The van der Waals surface area contributed by atoms with Gasteiger partial charge in [-0.3, -0.25) is 0 Å². The van der Waals surface area contributed by atoms with E-state index in [0.29, 0.717) is 13.1 Å². The first-order chi connectivity index (χ1) is 9.82. The molecule has 0 aliphatic carbocycles. The Balaban J connectivity index is 2.30. The minimum atomic E-state index is -4.46. The van der Waals surface area contributed by atoms with Crippen LogP contribution in [0.1, 0.15) is 32.3 Å². The van der Waals surface area contributed by atoms with Gasteiger partial charge in [0.05, 0.1) is 11.3 Å². The van der Waals surface area contributed by atoms with Gasteiger partial charge in [-0.1, -0.05) is 13.3 Å². The van der Waals surface area contributed by atoms with Crippen LogP contribution in [0, 0.1) is 5.82 Å². The summed E-state index contributed by atoms with van der Waals surface area (Å²) in [7, 11) is 0. The number of halogens is 4. The lowest BCUT2D eigenvalue weighted by Gasteiger charge is -2.40. The first-order valence-electron chi connectivity index (χ1n) is 7.19. The summed E-state index contributed by atoms with van der Waals surface area (Å²) in [6.07, 6.45) is -2.56. The van der Waals surface area contributed by atoms with E-state index >= 15 is 0 Å². The highest BCUT2D eigenvalue weighted by atomic mass is 19.4. The topological polar surface area (TPSA) is 15.3 Å². The second-order valence-electron chi connectivity index (χ2n) is 5.56. The monoisotopic (exact) mass is 304 g/mol. The molecule has 118 valence electrons. The van der Waals surface area contributed by atoms with Crippen molar-refractivity contribution >= 4 is 5.69 Å². The molecule has 2 rings (SSSR count). The molecule has 0 radical (unpaired) electrons. The lowest BCUT2D eigenvalue weighted by molar-refractivity contribution is -0.137. The van der Waals surface area contributed by atoms with Crippen LogP contribution in [0.5, 0.6) is 0 Å². The second kappa shape index (κ2) is 6.22. The van der Waals surface area contributed by atoms with Crippen molar-refractivity contribution < 1.29 is 17.6 Å². The Kier molecular flexibility index (Phi) is 4.76. The number of piperazine rings is 1. The molecule has 1 aromatic carbocycles. The Bertz CT molecular complexity index is 487. The van der Waals surface area contributed by atoms with Crippen molar-refractivity contribution in [3.63, 3.8) is 0 Å². The number of nitrogens with zero attached hydrogens (tertiary/aromatic N) is 1. The molecule has 1 fully saturated rings. The maximum Gasteiger partial charge on any atom is 0.416 e. The molecule has 2 nitrogen and oxygen atoms in total. The summed E-state index contributed by atoms with van der Waals surface area (Å²) in [6, 6.07) is 2.74. The van der Waals surface area contributed by atoms with E-state index in [9.17, 15) is 17.6 Å². The zero-order chi connectivity index (χ0) is 15.6. The van der Waals surface area contributed by atoms with Crippen LogP contribution in [-0.2, 0) is 6.18 Å². The fraction of sp³-hybridized carbons (Fsp3) is 0.600. The first-order valence-corrected chi connectivity index (χ1v) is 7.19. The molecule has 1 aliphatic rings. The molecular formula is C15H20F4N2. The van der Waals surface area contributed by atoms with Crippen LogP contribution in [-0.4, -0.2) is 25.2 Å². The first kappa shape index (κ1) is 16.1. The molecule has 6 heteroatoms. The highest BCUT2D eigenvalue weighted by molar-refractivity contribution is 5.52. The molecule has 0 spiro atoms. The van der Waals surface area contributed by atoms with E-state index in [-0.39, 0.29) is 17.8 Å². The molecule has 0 aromatic heterocycles.